The van der Waals surface area contributed by atoms with E-state index in [1.54, 1.807) is 0 Å². The second-order valence-corrected chi connectivity index (χ2v) is 6.92. The predicted octanol–water partition coefficient (Wildman–Crippen LogP) is 2.16. The van der Waals surface area contributed by atoms with Crippen LogP contribution in [0.2, 0.25) is 0 Å². The Bertz CT molecular complexity index is 829. The van der Waals surface area contributed by atoms with Gasteiger partial charge in [0, 0.05) is 19.8 Å². The van der Waals surface area contributed by atoms with Crippen LogP contribution in [0.25, 0.3) is 0 Å². The number of carbonyl (C=O) groups is 3. The monoisotopic (exact) mass is 382 g/mol. The van der Waals surface area contributed by atoms with Crippen molar-refractivity contribution in [1.82, 2.24) is 10.6 Å². The van der Waals surface area contributed by atoms with E-state index in [9.17, 15) is 19.5 Å². The molecule has 0 aliphatic rings. The van der Waals surface area contributed by atoms with Gasteiger partial charge >= 0.3 is 5.97 Å². The highest BCUT2D eigenvalue weighted by Crippen LogP contribution is 2.16. The minimum Gasteiger partial charge on any atom is -0.480 e. The van der Waals surface area contributed by atoms with Gasteiger partial charge in [-0.15, -0.1) is 0 Å². The Kier molecular flexibility index (Phi) is 7.32. The van der Waals surface area contributed by atoms with Crippen LogP contribution in [0.1, 0.15) is 29.2 Å². The molecule has 3 N–H and O–H groups in total. The van der Waals surface area contributed by atoms with Crippen molar-refractivity contribution < 1.29 is 19.5 Å². The topological polar surface area (TPSA) is 95.5 Å². The fraction of sp³-hybridized carbons (Fsp3) is 0.318. The van der Waals surface area contributed by atoms with Crippen molar-refractivity contribution in [3.05, 3.63) is 70.8 Å². The summed E-state index contributed by atoms with van der Waals surface area (Å²) in [6, 6.07) is 13.1. The Morgan fingerprint density at radius 1 is 0.857 bits per heavy atom. The first kappa shape index (κ1) is 21.2. The van der Waals surface area contributed by atoms with Gasteiger partial charge in [0.05, 0.1) is 0 Å². The molecular formula is C22H26N2O4. The van der Waals surface area contributed by atoms with E-state index in [4.69, 9.17) is 0 Å². The lowest BCUT2D eigenvalue weighted by atomic mass is 9.96. The van der Waals surface area contributed by atoms with Crippen LogP contribution in [-0.2, 0) is 27.2 Å². The molecule has 2 aromatic rings. The molecule has 0 saturated carbocycles. The smallest absolute Gasteiger partial charge is 0.326 e. The maximum atomic E-state index is 12.8. The third kappa shape index (κ3) is 5.94. The zero-order chi connectivity index (χ0) is 20.7. The summed E-state index contributed by atoms with van der Waals surface area (Å²) in [4.78, 5) is 36.1. The molecule has 148 valence electrons. The molecule has 6 heteroatoms. The zero-order valence-corrected chi connectivity index (χ0v) is 16.4. The van der Waals surface area contributed by atoms with E-state index in [1.807, 2.05) is 62.4 Å². The second-order valence-electron chi connectivity index (χ2n) is 6.92. The summed E-state index contributed by atoms with van der Waals surface area (Å²) < 4.78 is 0. The molecule has 28 heavy (non-hydrogen) atoms. The number of carboxylic acids is 1. The van der Waals surface area contributed by atoms with Crippen LogP contribution in [0.15, 0.2) is 48.5 Å². The van der Waals surface area contributed by atoms with Gasteiger partial charge < -0.3 is 15.7 Å². The normalized spacial score (nSPS) is 12.7. The number of amides is 2. The highest BCUT2D eigenvalue weighted by Gasteiger charge is 2.27. The van der Waals surface area contributed by atoms with E-state index in [0.717, 1.165) is 22.3 Å². The third-order valence-corrected chi connectivity index (χ3v) is 4.64. The molecule has 2 amide bonds. The molecule has 0 aliphatic heterocycles. The first-order chi connectivity index (χ1) is 13.3. The Hall–Kier alpha value is -3.15. The Morgan fingerprint density at radius 2 is 1.46 bits per heavy atom. The van der Waals surface area contributed by atoms with Gasteiger partial charge in [0.25, 0.3) is 0 Å². The van der Waals surface area contributed by atoms with Crippen molar-refractivity contribution >= 4 is 17.8 Å². The van der Waals surface area contributed by atoms with Crippen LogP contribution in [0.4, 0.5) is 0 Å². The Balaban J connectivity index is 2.17. The summed E-state index contributed by atoms with van der Waals surface area (Å²) in [6.45, 7) is 5.16. The SMILES string of the molecule is CC(=O)N[C@@H](Cc1ccccc1)C(=O)N[C@@H](Cc1c(C)cccc1C)C(=O)O. The van der Waals surface area contributed by atoms with Crippen LogP contribution in [0.3, 0.4) is 0 Å². The van der Waals surface area contributed by atoms with Crippen molar-refractivity contribution in [1.29, 1.82) is 0 Å². The van der Waals surface area contributed by atoms with Gasteiger partial charge in [0.1, 0.15) is 12.1 Å². The lowest BCUT2D eigenvalue weighted by Crippen LogP contribution is -2.52. The van der Waals surface area contributed by atoms with Gasteiger partial charge in [-0.3, -0.25) is 9.59 Å². The average molecular weight is 382 g/mol. The molecule has 0 fully saturated rings. The van der Waals surface area contributed by atoms with E-state index in [0.29, 0.717) is 0 Å². The number of rotatable bonds is 8. The van der Waals surface area contributed by atoms with E-state index in [-0.39, 0.29) is 18.7 Å². The van der Waals surface area contributed by atoms with Gasteiger partial charge in [0.15, 0.2) is 0 Å². The molecule has 0 aromatic heterocycles. The largest absolute Gasteiger partial charge is 0.480 e. The maximum absolute atomic E-state index is 12.8. The summed E-state index contributed by atoms with van der Waals surface area (Å²) in [6.07, 6.45) is 0.458. The summed E-state index contributed by atoms with van der Waals surface area (Å²) in [5.41, 5.74) is 3.72. The number of aryl methyl sites for hydroxylation is 2. The summed E-state index contributed by atoms with van der Waals surface area (Å²) >= 11 is 0. The summed E-state index contributed by atoms with van der Waals surface area (Å²) in [5.74, 6) is -1.98. The number of nitrogens with one attached hydrogen (secondary N) is 2. The molecule has 0 aliphatic carbocycles. The highest BCUT2D eigenvalue weighted by atomic mass is 16.4. The molecule has 2 rings (SSSR count). The second kappa shape index (κ2) is 9.69. The van der Waals surface area contributed by atoms with Crippen LogP contribution in [0, 0.1) is 13.8 Å². The molecule has 0 unspecified atom stereocenters. The fourth-order valence-corrected chi connectivity index (χ4v) is 3.15. The van der Waals surface area contributed by atoms with E-state index in [2.05, 4.69) is 10.6 Å². The zero-order valence-electron chi connectivity index (χ0n) is 16.4. The average Bonchev–Trinajstić information content (AvgIpc) is 2.63. The molecule has 0 heterocycles. The minimum absolute atomic E-state index is 0.178. The van der Waals surface area contributed by atoms with Crippen LogP contribution in [-0.4, -0.2) is 35.0 Å². The number of aliphatic carboxylic acids is 1. The maximum Gasteiger partial charge on any atom is 0.326 e. The third-order valence-electron chi connectivity index (χ3n) is 4.64. The number of carbonyl (C=O) groups excluding carboxylic acids is 2. The first-order valence-electron chi connectivity index (χ1n) is 9.17. The fourth-order valence-electron chi connectivity index (χ4n) is 3.15. The quantitative estimate of drug-likeness (QED) is 0.652. The van der Waals surface area contributed by atoms with Gasteiger partial charge in [0.2, 0.25) is 11.8 Å². The number of hydrogen-bond donors (Lipinski definition) is 3. The van der Waals surface area contributed by atoms with Crippen molar-refractivity contribution in [2.45, 2.75) is 45.7 Å². The summed E-state index contributed by atoms with van der Waals surface area (Å²) in [7, 11) is 0. The van der Waals surface area contributed by atoms with Crippen molar-refractivity contribution in [3.63, 3.8) is 0 Å². The van der Waals surface area contributed by atoms with Crippen molar-refractivity contribution in [2.24, 2.45) is 0 Å². The van der Waals surface area contributed by atoms with Gasteiger partial charge in [-0.05, 0) is 36.1 Å². The standard InChI is InChI=1S/C22H26N2O4/c1-14-8-7-9-15(2)18(14)13-20(22(27)28)24-21(26)19(23-16(3)25)12-17-10-5-4-6-11-17/h4-11,19-20H,12-13H2,1-3H3,(H,23,25)(H,24,26)(H,27,28)/t19-,20-/m0/s1. The van der Waals surface area contributed by atoms with Crippen LogP contribution in [0.5, 0.6) is 0 Å². The van der Waals surface area contributed by atoms with E-state index in [1.165, 1.54) is 6.92 Å². The highest BCUT2D eigenvalue weighted by molar-refractivity contribution is 5.90. The number of carboxylic acid groups (broad SMARTS) is 1. The molecule has 2 atom stereocenters. The molecule has 0 saturated heterocycles. The molecule has 0 radical (unpaired) electrons. The van der Waals surface area contributed by atoms with Gasteiger partial charge in [-0.25, -0.2) is 4.79 Å². The first-order valence-corrected chi connectivity index (χ1v) is 9.17. The number of benzene rings is 2. The minimum atomic E-state index is -1.11. The van der Waals surface area contributed by atoms with Crippen molar-refractivity contribution in [2.75, 3.05) is 0 Å². The molecule has 0 bridgehead atoms. The lowest BCUT2D eigenvalue weighted by Gasteiger charge is -2.22. The molecular weight excluding hydrogens is 356 g/mol. The Morgan fingerprint density at radius 3 is 2.00 bits per heavy atom. The van der Waals surface area contributed by atoms with E-state index < -0.39 is 24.0 Å². The van der Waals surface area contributed by atoms with Gasteiger partial charge in [-0.2, -0.15) is 0 Å². The molecule has 0 spiro atoms. The summed E-state index contributed by atoms with van der Waals surface area (Å²) in [5, 5.41) is 14.8. The molecule has 2 aromatic carbocycles. The molecule has 6 nitrogen and oxygen atoms in total. The lowest BCUT2D eigenvalue weighted by molar-refractivity contribution is -0.142. The van der Waals surface area contributed by atoms with Gasteiger partial charge in [-0.1, -0.05) is 48.5 Å². The Labute approximate surface area is 165 Å². The van der Waals surface area contributed by atoms with E-state index >= 15 is 0 Å². The number of hydrogen-bond acceptors (Lipinski definition) is 3. The van der Waals surface area contributed by atoms with Crippen LogP contribution < -0.4 is 10.6 Å². The predicted molar refractivity (Wildman–Crippen MR) is 107 cm³/mol. The van der Waals surface area contributed by atoms with Crippen LogP contribution >= 0.6 is 0 Å². The van der Waals surface area contributed by atoms with Crippen molar-refractivity contribution in [3.8, 4) is 0 Å².